The van der Waals surface area contributed by atoms with E-state index in [0.29, 0.717) is 0 Å². The van der Waals surface area contributed by atoms with Gasteiger partial charge in [-0.25, -0.2) is 0 Å². The van der Waals surface area contributed by atoms with Crippen molar-refractivity contribution in [3.8, 4) is 6.07 Å². The first-order valence-electron chi connectivity index (χ1n) is 5.74. The molecule has 0 aromatic carbocycles. The van der Waals surface area contributed by atoms with Crippen LogP contribution in [0.5, 0.6) is 0 Å². The van der Waals surface area contributed by atoms with Gasteiger partial charge in [0.15, 0.2) is 0 Å². The van der Waals surface area contributed by atoms with E-state index in [2.05, 4.69) is 23.0 Å². The molecule has 1 aliphatic carbocycles. The molecule has 1 aliphatic rings. The van der Waals surface area contributed by atoms with Crippen molar-refractivity contribution in [1.29, 1.82) is 5.26 Å². The average molecular weight is 215 g/mol. The third-order valence-electron chi connectivity index (χ3n) is 3.14. The third-order valence-corrected chi connectivity index (χ3v) is 3.14. The Bertz CT molecular complexity index is 376. The summed E-state index contributed by atoms with van der Waals surface area (Å²) in [6.07, 6.45) is 4.92. The number of likely N-dealkylation sites (N-methyl/N-ethyl adjacent to an activating group) is 1. The molecule has 1 aromatic rings. The molecule has 0 amide bonds. The highest BCUT2D eigenvalue weighted by Crippen LogP contribution is 2.45. The highest BCUT2D eigenvalue weighted by Gasteiger charge is 2.43. The minimum Gasteiger partial charge on any atom is -0.304 e. The second kappa shape index (κ2) is 4.63. The van der Waals surface area contributed by atoms with Crippen molar-refractivity contribution >= 4 is 0 Å². The van der Waals surface area contributed by atoms with Crippen molar-refractivity contribution < 1.29 is 0 Å². The van der Waals surface area contributed by atoms with Gasteiger partial charge in [-0.3, -0.25) is 4.98 Å². The Kier molecular flexibility index (Phi) is 3.21. The van der Waals surface area contributed by atoms with E-state index in [1.165, 1.54) is 0 Å². The summed E-state index contributed by atoms with van der Waals surface area (Å²) in [6.45, 7) is 1.87. The molecule has 0 spiro atoms. The third kappa shape index (κ3) is 2.80. The van der Waals surface area contributed by atoms with Crippen LogP contribution in [0.15, 0.2) is 24.4 Å². The predicted molar refractivity (Wildman–Crippen MR) is 62.7 cm³/mol. The molecule has 0 radical (unpaired) electrons. The normalized spacial score (nSPS) is 17.1. The predicted octanol–water partition coefficient (Wildman–Crippen LogP) is 1.86. The Balaban J connectivity index is 1.76. The second-order valence-electron chi connectivity index (χ2n) is 4.70. The zero-order valence-electron chi connectivity index (χ0n) is 9.69. The molecular formula is C13H17N3. The number of hydrogen-bond acceptors (Lipinski definition) is 3. The number of nitriles is 1. The Labute approximate surface area is 96.7 Å². The standard InChI is InChI=1S/C13H17N3/c1-16(11-13(10-14)6-7-13)9-5-12-4-2-3-8-15-12/h2-4,8H,5-7,9,11H2,1H3. The number of rotatable bonds is 5. The van der Waals surface area contributed by atoms with Crippen LogP contribution in [0.25, 0.3) is 0 Å². The molecule has 0 saturated heterocycles. The Hall–Kier alpha value is -1.40. The van der Waals surface area contributed by atoms with Crippen molar-refractivity contribution in [2.75, 3.05) is 20.1 Å². The van der Waals surface area contributed by atoms with Crippen LogP contribution in [0.1, 0.15) is 18.5 Å². The monoisotopic (exact) mass is 215 g/mol. The molecule has 1 heterocycles. The molecule has 16 heavy (non-hydrogen) atoms. The molecule has 0 unspecified atom stereocenters. The smallest absolute Gasteiger partial charge is 0.0703 e. The molecule has 0 bridgehead atoms. The van der Waals surface area contributed by atoms with Gasteiger partial charge < -0.3 is 4.90 Å². The minimum absolute atomic E-state index is 0.0289. The number of nitrogens with zero attached hydrogens (tertiary/aromatic N) is 3. The molecule has 3 heteroatoms. The molecule has 2 rings (SSSR count). The van der Waals surface area contributed by atoms with Crippen molar-refractivity contribution in [2.45, 2.75) is 19.3 Å². The van der Waals surface area contributed by atoms with Crippen molar-refractivity contribution in [1.82, 2.24) is 9.88 Å². The lowest BCUT2D eigenvalue weighted by molar-refractivity contribution is 0.296. The van der Waals surface area contributed by atoms with Gasteiger partial charge in [0.05, 0.1) is 11.5 Å². The molecule has 3 nitrogen and oxygen atoms in total. The van der Waals surface area contributed by atoms with E-state index in [1.807, 2.05) is 24.4 Å². The fraction of sp³-hybridized carbons (Fsp3) is 0.538. The van der Waals surface area contributed by atoms with Gasteiger partial charge in [0, 0.05) is 31.4 Å². The van der Waals surface area contributed by atoms with Gasteiger partial charge in [0.1, 0.15) is 0 Å². The maximum atomic E-state index is 9.00. The fourth-order valence-electron chi connectivity index (χ4n) is 1.90. The highest BCUT2D eigenvalue weighted by molar-refractivity contribution is 5.11. The molecule has 0 atom stereocenters. The van der Waals surface area contributed by atoms with E-state index >= 15 is 0 Å². The zero-order chi connectivity index (χ0) is 11.4. The van der Waals surface area contributed by atoms with Gasteiger partial charge in [-0.05, 0) is 32.0 Å². The molecule has 1 aromatic heterocycles. The summed E-state index contributed by atoms with van der Waals surface area (Å²) in [5.41, 5.74) is 1.09. The summed E-state index contributed by atoms with van der Waals surface area (Å²) in [5.74, 6) is 0. The first-order chi connectivity index (χ1) is 7.74. The lowest BCUT2D eigenvalue weighted by Gasteiger charge is -2.18. The van der Waals surface area contributed by atoms with Crippen molar-refractivity contribution in [3.05, 3.63) is 30.1 Å². The van der Waals surface area contributed by atoms with Crippen LogP contribution in [0, 0.1) is 16.7 Å². The first-order valence-corrected chi connectivity index (χ1v) is 5.74. The quantitative estimate of drug-likeness (QED) is 0.752. The Morgan fingerprint density at radius 2 is 2.31 bits per heavy atom. The largest absolute Gasteiger partial charge is 0.304 e. The summed E-state index contributed by atoms with van der Waals surface area (Å²) >= 11 is 0. The van der Waals surface area contributed by atoms with Crippen molar-refractivity contribution in [3.63, 3.8) is 0 Å². The van der Waals surface area contributed by atoms with Crippen LogP contribution < -0.4 is 0 Å². The number of aromatic nitrogens is 1. The first kappa shape index (κ1) is 11.1. The molecule has 1 saturated carbocycles. The maximum Gasteiger partial charge on any atom is 0.0703 e. The van der Waals surface area contributed by atoms with Gasteiger partial charge in [-0.1, -0.05) is 6.07 Å². The molecule has 84 valence electrons. The Morgan fingerprint density at radius 3 is 2.88 bits per heavy atom. The summed E-state index contributed by atoms with van der Waals surface area (Å²) < 4.78 is 0. The van der Waals surface area contributed by atoms with E-state index in [4.69, 9.17) is 5.26 Å². The van der Waals surface area contributed by atoms with Gasteiger partial charge in [-0.15, -0.1) is 0 Å². The van der Waals surface area contributed by atoms with Crippen LogP contribution >= 0.6 is 0 Å². The van der Waals surface area contributed by atoms with E-state index in [-0.39, 0.29) is 5.41 Å². The van der Waals surface area contributed by atoms with Gasteiger partial charge >= 0.3 is 0 Å². The summed E-state index contributed by atoms with van der Waals surface area (Å²) in [4.78, 5) is 6.53. The van der Waals surface area contributed by atoms with E-state index in [9.17, 15) is 0 Å². The van der Waals surface area contributed by atoms with Crippen LogP contribution in [-0.2, 0) is 6.42 Å². The minimum atomic E-state index is -0.0289. The maximum absolute atomic E-state index is 9.00. The number of hydrogen-bond donors (Lipinski definition) is 0. The topological polar surface area (TPSA) is 39.9 Å². The van der Waals surface area contributed by atoms with Crippen LogP contribution in [0.2, 0.25) is 0 Å². The SMILES string of the molecule is CN(CCc1ccccn1)CC1(C#N)CC1. The lowest BCUT2D eigenvalue weighted by atomic mass is 10.1. The summed E-state index contributed by atoms with van der Waals surface area (Å²) in [5, 5.41) is 9.00. The van der Waals surface area contributed by atoms with Gasteiger partial charge in [0.2, 0.25) is 0 Å². The van der Waals surface area contributed by atoms with Crippen LogP contribution in [0.3, 0.4) is 0 Å². The molecule has 1 fully saturated rings. The average Bonchev–Trinajstić information content (AvgIpc) is 3.08. The van der Waals surface area contributed by atoms with E-state index in [1.54, 1.807) is 0 Å². The molecular weight excluding hydrogens is 198 g/mol. The van der Waals surface area contributed by atoms with Crippen LogP contribution in [0.4, 0.5) is 0 Å². The van der Waals surface area contributed by atoms with E-state index < -0.39 is 0 Å². The Morgan fingerprint density at radius 1 is 1.50 bits per heavy atom. The highest BCUT2D eigenvalue weighted by atomic mass is 15.1. The molecule has 0 aliphatic heterocycles. The van der Waals surface area contributed by atoms with Crippen LogP contribution in [-0.4, -0.2) is 30.0 Å². The van der Waals surface area contributed by atoms with Crippen molar-refractivity contribution in [2.24, 2.45) is 5.41 Å². The lowest BCUT2D eigenvalue weighted by Crippen LogP contribution is -2.28. The van der Waals surface area contributed by atoms with Gasteiger partial charge in [0.25, 0.3) is 0 Å². The van der Waals surface area contributed by atoms with E-state index in [0.717, 1.165) is 38.0 Å². The zero-order valence-corrected chi connectivity index (χ0v) is 9.69. The molecule has 0 N–H and O–H groups in total. The number of pyridine rings is 1. The summed E-state index contributed by atoms with van der Waals surface area (Å²) in [7, 11) is 2.08. The fourth-order valence-corrected chi connectivity index (χ4v) is 1.90. The summed E-state index contributed by atoms with van der Waals surface area (Å²) in [6, 6.07) is 8.42. The van der Waals surface area contributed by atoms with Gasteiger partial charge in [-0.2, -0.15) is 5.26 Å². The second-order valence-corrected chi connectivity index (χ2v) is 4.70.